The summed E-state index contributed by atoms with van der Waals surface area (Å²) in [6, 6.07) is 20.9. The Balaban J connectivity index is 1.67. The molecule has 0 saturated heterocycles. The van der Waals surface area contributed by atoms with Crippen molar-refractivity contribution in [1.29, 1.82) is 0 Å². The topological polar surface area (TPSA) is 102 Å². The first kappa shape index (κ1) is 23.8. The molecule has 0 radical (unpaired) electrons. The normalized spacial score (nSPS) is 11.9. The highest BCUT2D eigenvalue weighted by Crippen LogP contribution is 2.27. The van der Waals surface area contributed by atoms with Crippen LogP contribution in [0.4, 0.5) is 0 Å². The summed E-state index contributed by atoms with van der Waals surface area (Å²) in [7, 11) is -3.74. The lowest BCUT2D eigenvalue weighted by Crippen LogP contribution is -2.18. The number of hydrogen-bond donors (Lipinski definition) is 2. The molecule has 6 nitrogen and oxygen atoms in total. The molecular weight excluding hydrogens is 472 g/mol. The van der Waals surface area contributed by atoms with E-state index in [1.807, 2.05) is 24.3 Å². The fourth-order valence-electron chi connectivity index (χ4n) is 3.79. The minimum atomic E-state index is -3.74. The quantitative estimate of drug-likeness (QED) is 0.361. The van der Waals surface area contributed by atoms with E-state index in [1.165, 1.54) is 16.1 Å². The van der Waals surface area contributed by atoms with Crippen LogP contribution in [-0.4, -0.2) is 29.2 Å². The van der Waals surface area contributed by atoms with Crippen molar-refractivity contribution in [2.75, 3.05) is 5.75 Å². The third-order valence-corrected chi connectivity index (χ3v) is 7.32. The van der Waals surface area contributed by atoms with Gasteiger partial charge in [-0.3, -0.25) is 0 Å². The van der Waals surface area contributed by atoms with E-state index in [4.69, 9.17) is 22.4 Å². The molecule has 1 aromatic heterocycles. The van der Waals surface area contributed by atoms with Gasteiger partial charge in [0.25, 0.3) is 0 Å². The highest BCUT2D eigenvalue weighted by molar-refractivity contribution is 7.90. The number of nitrogens with zero attached hydrogens (tertiary/aromatic N) is 1. The van der Waals surface area contributed by atoms with Crippen molar-refractivity contribution >= 4 is 44.6 Å². The van der Waals surface area contributed by atoms with Gasteiger partial charge in [-0.15, -0.1) is 0 Å². The number of aromatic nitrogens is 1. The zero-order chi connectivity index (χ0) is 24.3. The number of benzene rings is 3. The average molecular weight is 495 g/mol. The van der Waals surface area contributed by atoms with Gasteiger partial charge in [-0.25, -0.2) is 17.2 Å². The lowest BCUT2D eigenvalue weighted by Gasteiger charge is -2.11. The zero-order valence-corrected chi connectivity index (χ0v) is 19.8. The van der Waals surface area contributed by atoms with Gasteiger partial charge in [0.2, 0.25) is 10.0 Å². The molecule has 8 heteroatoms. The van der Waals surface area contributed by atoms with E-state index < -0.39 is 16.0 Å². The Bertz CT molecular complexity index is 1470. The van der Waals surface area contributed by atoms with Gasteiger partial charge >= 0.3 is 5.97 Å². The van der Waals surface area contributed by atoms with Gasteiger partial charge in [-0.05, 0) is 53.1 Å². The summed E-state index contributed by atoms with van der Waals surface area (Å²) in [4.78, 5) is 11.1. The molecule has 34 heavy (non-hydrogen) atoms. The monoisotopic (exact) mass is 494 g/mol. The van der Waals surface area contributed by atoms with Gasteiger partial charge in [0.15, 0.2) is 0 Å². The Morgan fingerprint density at radius 2 is 1.65 bits per heavy atom. The molecule has 4 rings (SSSR count). The molecule has 0 saturated carbocycles. The first-order valence-electron chi connectivity index (χ1n) is 10.6. The molecule has 1 heterocycles. The van der Waals surface area contributed by atoms with Gasteiger partial charge in [0.05, 0.1) is 16.8 Å². The number of carboxylic acid groups (broad SMARTS) is 1. The van der Waals surface area contributed by atoms with E-state index in [2.05, 4.69) is 0 Å². The number of halogens is 1. The maximum atomic E-state index is 13.4. The standard InChI is InChI=1S/C26H23ClN2O4S/c27-23-11-12-25-22(15-23)16-24(14-19-7-9-21(10-8-19)26(30)31)29(25)34(32,33)13-1-2-18-3-5-20(17-28)6-4-18/h1-12,15-16H,13-14,17,28H2,(H,30,31). The van der Waals surface area contributed by atoms with Gasteiger partial charge in [-0.2, -0.15) is 0 Å². The summed E-state index contributed by atoms with van der Waals surface area (Å²) < 4.78 is 28.2. The van der Waals surface area contributed by atoms with Crippen molar-refractivity contribution in [3.63, 3.8) is 0 Å². The number of aromatic carboxylic acids is 1. The third-order valence-electron chi connectivity index (χ3n) is 5.49. The van der Waals surface area contributed by atoms with Crippen LogP contribution in [0.25, 0.3) is 17.0 Å². The highest BCUT2D eigenvalue weighted by atomic mass is 35.5. The molecule has 0 unspecified atom stereocenters. The predicted molar refractivity (Wildman–Crippen MR) is 136 cm³/mol. The molecule has 0 fully saturated rings. The summed E-state index contributed by atoms with van der Waals surface area (Å²) in [5, 5.41) is 10.4. The largest absolute Gasteiger partial charge is 0.478 e. The van der Waals surface area contributed by atoms with Gasteiger partial charge in [0, 0.05) is 29.1 Å². The summed E-state index contributed by atoms with van der Waals surface area (Å²) in [5.74, 6) is -1.20. The van der Waals surface area contributed by atoms with Crippen molar-refractivity contribution in [3.05, 3.63) is 112 Å². The average Bonchev–Trinajstić information content (AvgIpc) is 3.17. The fourth-order valence-corrected chi connectivity index (χ4v) is 5.40. The number of carbonyl (C=O) groups is 1. The molecule has 4 aromatic rings. The SMILES string of the molecule is NCc1ccc(C=CCS(=O)(=O)n2c(Cc3ccc(C(=O)O)cc3)cc3cc(Cl)ccc32)cc1. The van der Waals surface area contributed by atoms with Gasteiger partial charge in [-0.1, -0.05) is 60.2 Å². The second kappa shape index (κ2) is 9.85. The van der Waals surface area contributed by atoms with Crippen LogP contribution in [0.2, 0.25) is 5.02 Å². The Hall–Kier alpha value is -3.39. The fraction of sp³-hybridized carbons (Fsp3) is 0.115. The molecular formula is C26H23ClN2O4S. The van der Waals surface area contributed by atoms with Crippen molar-refractivity contribution in [2.45, 2.75) is 13.0 Å². The number of rotatable bonds is 8. The molecule has 3 N–H and O–H groups in total. The third kappa shape index (κ3) is 5.22. The first-order chi connectivity index (χ1) is 16.3. The Labute approximate surface area is 203 Å². The van der Waals surface area contributed by atoms with E-state index in [9.17, 15) is 13.2 Å². The zero-order valence-electron chi connectivity index (χ0n) is 18.2. The molecule has 3 aromatic carbocycles. The molecule has 0 aliphatic carbocycles. The first-order valence-corrected chi connectivity index (χ1v) is 12.6. The molecule has 0 spiro atoms. The Kier molecular flexibility index (Phi) is 6.88. The minimum absolute atomic E-state index is 0.174. The second-order valence-corrected chi connectivity index (χ2v) is 10.2. The molecule has 0 aliphatic rings. The van der Waals surface area contributed by atoms with Crippen LogP contribution >= 0.6 is 11.6 Å². The van der Waals surface area contributed by atoms with Crippen molar-refractivity contribution in [1.82, 2.24) is 3.97 Å². The van der Waals surface area contributed by atoms with Crippen LogP contribution in [0.5, 0.6) is 0 Å². The van der Waals surface area contributed by atoms with Crippen LogP contribution < -0.4 is 5.73 Å². The molecule has 174 valence electrons. The van der Waals surface area contributed by atoms with Crippen LogP contribution in [0.1, 0.15) is 32.7 Å². The van der Waals surface area contributed by atoms with Crippen LogP contribution in [0.15, 0.2) is 78.9 Å². The van der Waals surface area contributed by atoms with Crippen molar-refractivity contribution in [3.8, 4) is 0 Å². The lowest BCUT2D eigenvalue weighted by molar-refractivity contribution is 0.0697. The minimum Gasteiger partial charge on any atom is -0.478 e. The molecule has 0 atom stereocenters. The van der Waals surface area contributed by atoms with Gasteiger partial charge < -0.3 is 10.8 Å². The van der Waals surface area contributed by atoms with Crippen LogP contribution in [0, 0.1) is 0 Å². The number of hydrogen-bond acceptors (Lipinski definition) is 4. The Morgan fingerprint density at radius 3 is 2.29 bits per heavy atom. The smallest absolute Gasteiger partial charge is 0.335 e. The summed E-state index contributed by atoms with van der Waals surface area (Å²) in [6.45, 7) is 0.449. The van der Waals surface area contributed by atoms with E-state index in [0.717, 1.165) is 22.1 Å². The summed E-state index contributed by atoms with van der Waals surface area (Å²) in [6.07, 6.45) is 3.71. The maximum absolute atomic E-state index is 13.4. The van der Waals surface area contributed by atoms with Crippen molar-refractivity contribution < 1.29 is 18.3 Å². The van der Waals surface area contributed by atoms with E-state index in [1.54, 1.807) is 48.6 Å². The lowest BCUT2D eigenvalue weighted by atomic mass is 10.1. The molecule has 0 aliphatic heterocycles. The highest BCUT2D eigenvalue weighted by Gasteiger charge is 2.20. The van der Waals surface area contributed by atoms with E-state index >= 15 is 0 Å². The van der Waals surface area contributed by atoms with Gasteiger partial charge in [0.1, 0.15) is 0 Å². The molecule has 0 amide bonds. The van der Waals surface area contributed by atoms with Crippen LogP contribution in [0.3, 0.4) is 0 Å². The summed E-state index contributed by atoms with van der Waals surface area (Å²) in [5.41, 5.74) is 9.59. The maximum Gasteiger partial charge on any atom is 0.335 e. The predicted octanol–water partition coefficient (Wildman–Crippen LogP) is 4.93. The summed E-state index contributed by atoms with van der Waals surface area (Å²) >= 11 is 6.14. The van der Waals surface area contributed by atoms with E-state index in [-0.39, 0.29) is 11.3 Å². The molecule has 0 bridgehead atoms. The van der Waals surface area contributed by atoms with Crippen molar-refractivity contribution in [2.24, 2.45) is 5.73 Å². The number of nitrogens with two attached hydrogens (primary N) is 1. The number of carboxylic acids is 1. The van der Waals surface area contributed by atoms with Crippen LogP contribution in [-0.2, 0) is 23.0 Å². The number of fused-ring (bicyclic) bond motifs is 1. The van der Waals surface area contributed by atoms with E-state index in [0.29, 0.717) is 29.2 Å². The Morgan fingerprint density at radius 1 is 0.971 bits per heavy atom. The second-order valence-electron chi connectivity index (χ2n) is 7.91.